The van der Waals surface area contributed by atoms with Crippen LogP contribution >= 0.6 is 0 Å². The lowest BCUT2D eigenvalue weighted by atomic mass is 9.32. The van der Waals surface area contributed by atoms with E-state index in [0.29, 0.717) is 24.8 Å². The molecule has 11 nitrogen and oxygen atoms in total. The van der Waals surface area contributed by atoms with Gasteiger partial charge in [-0.1, -0.05) is 69.4 Å². The molecule has 13 unspecified atom stereocenters. The predicted octanol–water partition coefficient (Wildman–Crippen LogP) is 6.15. The summed E-state index contributed by atoms with van der Waals surface area (Å²) in [5.74, 6) is -0.984. The maximum atomic E-state index is 15.4. The third-order valence-electron chi connectivity index (χ3n) is 16.9. The fourth-order valence-corrected chi connectivity index (χ4v) is 14.9. The molecule has 3 saturated carbocycles. The van der Waals surface area contributed by atoms with E-state index in [1.807, 2.05) is 26.0 Å². The van der Waals surface area contributed by atoms with Crippen molar-refractivity contribution in [3.8, 4) is 0 Å². The number of benzene rings is 1. The standard InChI is InChI=1S/C47H62N2O9/c1-43(2)38-37(51)39(52)46(30-15-11-14-29(23-30)22-28-12-7-6-8-13-28)34(45(38)26-55-36(50)24-35(45)57-43)18-20-44(3)40(56-42(53)41-47(44,46)58-41)32-19-21-54-33(32)17-10-5-4-9-16-31-25-48-27-49-31/h6-8,12-13,19,21,29-31,34-35,38-41,48-49,52H,4-5,9-11,14-18,20,22-27H2,1-3H3. The average Bonchev–Trinajstić information content (AvgIpc) is 3.45. The number of furan rings is 1. The van der Waals surface area contributed by atoms with Gasteiger partial charge in [0.15, 0.2) is 11.9 Å². The summed E-state index contributed by atoms with van der Waals surface area (Å²) in [5, 5.41) is 20.1. The number of esters is 2. The number of carbonyl (C=O) groups is 3. The number of aliphatic hydroxyl groups is 1. The van der Waals surface area contributed by atoms with E-state index in [-0.39, 0.29) is 36.6 Å². The van der Waals surface area contributed by atoms with Crippen molar-refractivity contribution in [3.63, 3.8) is 0 Å². The summed E-state index contributed by atoms with van der Waals surface area (Å²) < 4.78 is 32.6. The third kappa shape index (κ3) is 5.51. The molecule has 6 heterocycles. The number of epoxide rings is 1. The Morgan fingerprint density at radius 3 is 2.57 bits per heavy atom. The zero-order chi connectivity index (χ0) is 40.1. The van der Waals surface area contributed by atoms with E-state index in [1.54, 1.807) is 6.26 Å². The van der Waals surface area contributed by atoms with E-state index < -0.39 is 63.8 Å². The number of aliphatic hydroxyl groups excluding tert-OH is 1. The second-order valence-electron chi connectivity index (χ2n) is 20.1. The van der Waals surface area contributed by atoms with Gasteiger partial charge in [-0.3, -0.25) is 9.59 Å². The smallest absolute Gasteiger partial charge is 0.339 e. The Morgan fingerprint density at radius 2 is 1.76 bits per heavy atom. The molecule has 3 N–H and O–H groups in total. The van der Waals surface area contributed by atoms with Crippen LogP contribution in [0.25, 0.3) is 0 Å². The normalized spacial score (nSPS) is 43.7. The minimum absolute atomic E-state index is 0.0565. The molecule has 8 fully saturated rings. The van der Waals surface area contributed by atoms with Crippen molar-refractivity contribution >= 4 is 17.7 Å². The second-order valence-corrected chi connectivity index (χ2v) is 20.1. The van der Waals surface area contributed by atoms with Gasteiger partial charge in [-0.15, -0.1) is 0 Å². The Balaban J connectivity index is 1.04. The van der Waals surface area contributed by atoms with Gasteiger partial charge in [0.2, 0.25) is 0 Å². The van der Waals surface area contributed by atoms with Gasteiger partial charge in [0, 0.05) is 47.5 Å². The van der Waals surface area contributed by atoms with E-state index >= 15 is 4.79 Å². The van der Waals surface area contributed by atoms with Crippen molar-refractivity contribution in [3.05, 3.63) is 59.5 Å². The van der Waals surface area contributed by atoms with Gasteiger partial charge in [0.05, 0.1) is 30.3 Å². The van der Waals surface area contributed by atoms with Crippen LogP contribution in [-0.4, -0.2) is 78.2 Å². The Labute approximate surface area is 342 Å². The van der Waals surface area contributed by atoms with Crippen molar-refractivity contribution in [1.82, 2.24) is 10.6 Å². The molecule has 8 aliphatic rings. The summed E-state index contributed by atoms with van der Waals surface area (Å²) >= 11 is 0. The number of fused-ring (bicyclic) bond motifs is 1. The monoisotopic (exact) mass is 798 g/mol. The molecule has 1 aromatic heterocycles. The first-order valence-corrected chi connectivity index (χ1v) is 22.4. The average molecular weight is 799 g/mol. The van der Waals surface area contributed by atoms with Crippen LogP contribution in [-0.2, 0) is 46.2 Å². The SMILES string of the molecule is CC1(C)OC2CC(=O)OCC23C1C(=O)C(O)C1(C2CCCC(Cc4ccccc4)C2)C3CCC2(C)C(c3ccoc3CCCCCCC3CNCN3)OC(=O)C3OC321. The van der Waals surface area contributed by atoms with Crippen LogP contribution in [0.2, 0.25) is 0 Å². The van der Waals surface area contributed by atoms with Gasteiger partial charge in [0.1, 0.15) is 30.2 Å². The quantitative estimate of drug-likeness (QED) is 0.137. The van der Waals surface area contributed by atoms with Crippen molar-refractivity contribution < 1.29 is 42.9 Å². The molecule has 314 valence electrons. The molecular weight excluding hydrogens is 737 g/mol. The fourth-order valence-electron chi connectivity index (χ4n) is 14.9. The van der Waals surface area contributed by atoms with Crippen LogP contribution in [0.4, 0.5) is 0 Å². The number of Topliss-reactive ketones (excluding diaryl/α,β-unsaturated/α-hetero) is 1. The molecular formula is C47H62N2O9. The van der Waals surface area contributed by atoms with Gasteiger partial charge >= 0.3 is 11.9 Å². The van der Waals surface area contributed by atoms with Crippen LogP contribution in [0.3, 0.4) is 0 Å². The van der Waals surface area contributed by atoms with E-state index in [4.69, 9.17) is 23.4 Å². The molecule has 10 rings (SSSR count). The van der Waals surface area contributed by atoms with Crippen LogP contribution in [0, 0.1) is 39.9 Å². The zero-order valence-electron chi connectivity index (χ0n) is 34.5. The van der Waals surface area contributed by atoms with Crippen LogP contribution in [0.15, 0.2) is 47.1 Å². The van der Waals surface area contributed by atoms with E-state index in [1.165, 1.54) is 18.4 Å². The first-order valence-electron chi connectivity index (χ1n) is 22.4. The summed E-state index contributed by atoms with van der Waals surface area (Å²) in [4.78, 5) is 42.9. The molecule has 0 radical (unpaired) electrons. The number of rotatable bonds is 11. The highest BCUT2D eigenvalue weighted by molar-refractivity contribution is 5.92. The molecule has 1 aromatic carbocycles. The summed E-state index contributed by atoms with van der Waals surface area (Å²) in [6.45, 7) is 8.02. The van der Waals surface area contributed by atoms with Crippen molar-refractivity contribution in [2.45, 2.75) is 152 Å². The van der Waals surface area contributed by atoms with Crippen LogP contribution in [0.1, 0.15) is 121 Å². The molecule has 5 aliphatic heterocycles. The fraction of sp³-hybridized carbons (Fsp3) is 0.723. The second kappa shape index (κ2) is 14.3. The number of unbranched alkanes of at least 4 members (excludes halogenated alkanes) is 3. The number of hydrogen-bond donors (Lipinski definition) is 3. The highest BCUT2D eigenvalue weighted by Gasteiger charge is 2.92. The van der Waals surface area contributed by atoms with Crippen molar-refractivity contribution in [2.75, 3.05) is 19.8 Å². The Morgan fingerprint density at radius 1 is 0.931 bits per heavy atom. The number of ketones is 1. The van der Waals surface area contributed by atoms with Crippen molar-refractivity contribution in [2.24, 2.45) is 39.9 Å². The van der Waals surface area contributed by atoms with Crippen molar-refractivity contribution in [1.29, 1.82) is 0 Å². The zero-order valence-corrected chi connectivity index (χ0v) is 34.5. The van der Waals surface area contributed by atoms with Gasteiger partial charge in [-0.05, 0) is 88.2 Å². The maximum absolute atomic E-state index is 15.4. The number of nitrogens with one attached hydrogen (secondary N) is 2. The predicted molar refractivity (Wildman–Crippen MR) is 212 cm³/mol. The molecule has 2 spiro atoms. The minimum atomic E-state index is -1.40. The van der Waals surface area contributed by atoms with Crippen LogP contribution in [0.5, 0.6) is 0 Å². The number of ether oxygens (including phenoxy) is 4. The largest absolute Gasteiger partial charge is 0.469 e. The topological polar surface area (TPSA) is 149 Å². The summed E-state index contributed by atoms with van der Waals surface area (Å²) in [5.41, 5.74) is -2.76. The molecule has 3 aliphatic carbocycles. The first kappa shape index (κ1) is 39.1. The van der Waals surface area contributed by atoms with E-state index in [9.17, 15) is 14.7 Å². The molecule has 11 heteroatoms. The van der Waals surface area contributed by atoms with E-state index in [0.717, 1.165) is 82.3 Å². The number of hydrogen-bond acceptors (Lipinski definition) is 11. The number of carbonyl (C=O) groups excluding carboxylic acids is 3. The summed E-state index contributed by atoms with van der Waals surface area (Å²) in [6, 6.07) is 13.1. The Hall–Kier alpha value is -3.09. The highest BCUT2D eigenvalue weighted by atomic mass is 16.7. The maximum Gasteiger partial charge on any atom is 0.339 e. The first-order chi connectivity index (χ1) is 28.0. The molecule has 0 amide bonds. The van der Waals surface area contributed by atoms with Crippen LogP contribution < -0.4 is 10.6 Å². The van der Waals surface area contributed by atoms with E-state index in [2.05, 4.69) is 41.8 Å². The lowest BCUT2D eigenvalue weighted by molar-refractivity contribution is -0.276. The lowest BCUT2D eigenvalue weighted by Gasteiger charge is -2.70. The molecule has 5 saturated heterocycles. The highest BCUT2D eigenvalue weighted by Crippen LogP contribution is 2.82. The minimum Gasteiger partial charge on any atom is -0.469 e. The lowest BCUT2D eigenvalue weighted by Crippen LogP contribution is -2.79. The number of cyclic esters (lactones) is 2. The van der Waals surface area contributed by atoms with Gasteiger partial charge in [0.25, 0.3) is 0 Å². The Kier molecular flexibility index (Phi) is 9.60. The molecule has 2 aromatic rings. The van der Waals surface area contributed by atoms with Gasteiger partial charge < -0.3 is 39.1 Å². The summed E-state index contributed by atoms with van der Waals surface area (Å²) in [6.07, 6.45) is 10.3. The molecule has 13 atom stereocenters. The molecule has 0 bridgehead atoms. The van der Waals surface area contributed by atoms with Gasteiger partial charge in [-0.25, -0.2) is 4.79 Å². The Bertz CT molecular complexity index is 1910. The molecule has 58 heavy (non-hydrogen) atoms. The van der Waals surface area contributed by atoms with Gasteiger partial charge in [-0.2, -0.15) is 0 Å². The summed E-state index contributed by atoms with van der Waals surface area (Å²) in [7, 11) is 0. The number of aryl methyl sites for hydroxylation is 1. The third-order valence-corrected chi connectivity index (χ3v) is 16.9.